The minimum absolute atomic E-state index is 0.512. The third-order valence-corrected chi connectivity index (χ3v) is 4.53. The van der Waals surface area contributed by atoms with Crippen molar-refractivity contribution < 1.29 is 5.11 Å². The Morgan fingerprint density at radius 1 is 0.800 bits per heavy atom. The van der Waals surface area contributed by atoms with E-state index < -0.39 is 6.10 Å². The van der Waals surface area contributed by atoms with Crippen molar-refractivity contribution in [1.29, 1.82) is 0 Å². The molecule has 1 aliphatic carbocycles. The van der Waals surface area contributed by atoms with Crippen molar-refractivity contribution in [3.63, 3.8) is 0 Å². The van der Waals surface area contributed by atoms with Crippen LogP contribution in [0.15, 0.2) is 36.4 Å². The highest BCUT2D eigenvalue weighted by Gasteiger charge is 2.15. The summed E-state index contributed by atoms with van der Waals surface area (Å²) in [6.45, 7) is 4.20. The predicted molar refractivity (Wildman–Crippen MR) is 83.1 cm³/mol. The van der Waals surface area contributed by atoms with E-state index >= 15 is 0 Å². The first-order valence-electron chi connectivity index (χ1n) is 7.52. The van der Waals surface area contributed by atoms with Crippen molar-refractivity contribution in [2.75, 3.05) is 0 Å². The van der Waals surface area contributed by atoms with Crippen molar-refractivity contribution >= 4 is 0 Å². The summed E-state index contributed by atoms with van der Waals surface area (Å²) in [6, 6.07) is 12.7. The van der Waals surface area contributed by atoms with E-state index in [2.05, 4.69) is 44.2 Å². The van der Waals surface area contributed by atoms with Crippen LogP contribution in [-0.4, -0.2) is 5.11 Å². The van der Waals surface area contributed by atoms with E-state index in [1.807, 2.05) is 6.07 Å². The minimum Gasteiger partial charge on any atom is -0.384 e. The summed E-state index contributed by atoms with van der Waals surface area (Å²) in [5.41, 5.74) is 7.41. The van der Waals surface area contributed by atoms with Crippen molar-refractivity contribution in [3.05, 3.63) is 69.8 Å². The van der Waals surface area contributed by atoms with E-state index in [0.29, 0.717) is 0 Å². The molecule has 0 amide bonds. The maximum atomic E-state index is 10.6. The number of hydrogen-bond donors (Lipinski definition) is 1. The van der Waals surface area contributed by atoms with Crippen LogP contribution in [0.5, 0.6) is 0 Å². The summed E-state index contributed by atoms with van der Waals surface area (Å²) in [6.07, 6.45) is 4.40. The molecule has 1 atom stereocenters. The molecule has 0 aliphatic heterocycles. The van der Waals surface area contributed by atoms with Gasteiger partial charge in [-0.3, -0.25) is 0 Å². The van der Waals surface area contributed by atoms with Crippen LogP contribution < -0.4 is 0 Å². The first-order valence-corrected chi connectivity index (χ1v) is 7.52. The molecule has 0 spiro atoms. The number of aryl methyl sites for hydroxylation is 4. The van der Waals surface area contributed by atoms with E-state index in [1.165, 1.54) is 41.5 Å². The van der Waals surface area contributed by atoms with Crippen LogP contribution in [0.2, 0.25) is 0 Å². The largest absolute Gasteiger partial charge is 0.384 e. The Balaban J connectivity index is 1.93. The maximum Gasteiger partial charge on any atom is 0.104 e. The van der Waals surface area contributed by atoms with E-state index in [1.54, 1.807) is 0 Å². The average Bonchev–Trinajstić information content (AvgIpc) is 2.49. The highest BCUT2D eigenvalue weighted by Crippen LogP contribution is 2.28. The zero-order valence-electron chi connectivity index (χ0n) is 12.3. The van der Waals surface area contributed by atoms with Crippen LogP contribution in [0.3, 0.4) is 0 Å². The van der Waals surface area contributed by atoms with E-state index in [4.69, 9.17) is 0 Å². The third kappa shape index (κ3) is 2.51. The standard InChI is InChI=1S/C19H22O/c1-13-7-8-17(11-14(13)2)19(20)18-10-9-15-5-3-4-6-16(15)12-18/h7-12,19-20H,3-6H2,1-2H3. The Morgan fingerprint density at radius 3 is 2.20 bits per heavy atom. The molecule has 0 saturated carbocycles. The van der Waals surface area contributed by atoms with Gasteiger partial charge in [0, 0.05) is 0 Å². The lowest BCUT2D eigenvalue weighted by Crippen LogP contribution is -2.06. The molecule has 1 N–H and O–H groups in total. The summed E-state index contributed by atoms with van der Waals surface area (Å²) in [5.74, 6) is 0. The van der Waals surface area contributed by atoms with Gasteiger partial charge in [-0.1, -0.05) is 36.4 Å². The summed E-state index contributed by atoms with van der Waals surface area (Å²) in [4.78, 5) is 0. The molecule has 0 saturated heterocycles. The molecule has 104 valence electrons. The Labute approximate surface area is 121 Å². The molecule has 1 aliphatic rings. The van der Waals surface area contributed by atoms with E-state index in [-0.39, 0.29) is 0 Å². The number of aliphatic hydroxyl groups excluding tert-OH is 1. The molecule has 0 bridgehead atoms. The van der Waals surface area contributed by atoms with Gasteiger partial charge in [0.25, 0.3) is 0 Å². The monoisotopic (exact) mass is 266 g/mol. The molecule has 0 radical (unpaired) electrons. The fraction of sp³-hybridized carbons (Fsp3) is 0.368. The van der Waals surface area contributed by atoms with Crippen LogP contribution in [0.4, 0.5) is 0 Å². The topological polar surface area (TPSA) is 20.2 Å². The van der Waals surface area contributed by atoms with Gasteiger partial charge < -0.3 is 5.11 Å². The number of fused-ring (bicyclic) bond motifs is 1. The molecule has 0 aromatic heterocycles. The zero-order chi connectivity index (χ0) is 14.1. The minimum atomic E-state index is -0.512. The molecule has 1 nitrogen and oxygen atoms in total. The highest BCUT2D eigenvalue weighted by atomic mass is 16.3. The van der Waals surface area contributed by atoms with Gasteiger partial charge in [0.1, 0.15) is 6.10 Å². The van der Waals surface area contributed by atoms with Crippen molar-refractivity contribution in [1.82, 2.24) is 0 Å². The molecule has 0 fully saturated rings. The second kappa shape index (κ2) is 5.41. The second-order valence-electron chi connectivity index (χ2n) is 5.98. The molecule has 2 aromatic rings. The molecular weight excluding hydrogens is 244 g/mol. The molecule has 1 unspecified atom stereocenters. The van der Waals surface area contributed by atoms with Gasteiger partial charge in [-0.2, -0.15) is 0 Å². The predicted octanol–water partition coefficient (Wildman–Crippen LogP) is 4.26. The van der Waals surface area contributed by atoms with Crippen molar-refractivity contribution in [2.24, 2.45) is 0 Å². The van der Waals surface area contributed by atoms with Gasteiger partial charge in [-0.25, -0.2) is 0 Å². The molecule has 0 heterocycles. The zero-order valence-corrected chi connectivity index (χ0v) is 12.3. The first kappa shape index (κ1) is 13.4. The van der Waals surface area contributed by atoms with Gasteiger partial charge in [0.05, 0.1) is 0 Å². The van der Waals surface area contributed by atoms with Gasteiger partial charge >= 0.3 is 0 Å². The summed E-state index contributed by atoms with van der Waals surface area (Å²) in [7, 11) is 0. The number of hydrogen-bond acceptors (Lipinski definition) is 1. The lowest BCUT2D eigenvalue weighted by molar-refractivity contribution is 0.220. The Kier molecular flexibility index (Phi) is 3.62. The first-order chi connectivity index (χ1) is 9.65. The van der Waals surface area contributed by atoms with E-state index in [9.17, 15) is 5.11 Å². The summed E-state index contributed by atoms with van der Waals surface area (Å²) in [5, 5.41) is 10.6. The van der Waals surface area contributed by atoms with Crippen LogP contribution in [0.25, 0.3) is 0 Å². The van der Waals surface area contributed by atoms with Gasteiger partial charge in [-0.05, 0) is 72.9 Å². The van der Waals surface area contributed by atoms with E-state index in [0.717, 1.165) is 17.5 Å². The lowest BCUT2D eigenvalue weighted by atomic mass is 9.88. The number of benzene rings is 2. The van der Waals surface area contributed by atoms with Crippen LogP contribution >= 0.6 is 0 Å². The maximum absolute atomic E-state index is 10.6. The molecule has 3 rings (SSSR count). The number of rotatable bonds is 2. The fourth-order valence-electron chi connectivity index (χ4n) is 3.05. The average molecular weight is 266 g/mol. The van der Waals surface area contributed by atoms with Crippen LogP contribution in [0, 0.1) is 13.8 Å². The summed E-state index contributed by atoms with van der Waals surface area (Å²) < 4.78 is 0. The third-order valence-electron chi connectivity index (χ3n) is 4.53. The summed E-state index contributed by atoms with van der Waals surface area (Å²) >= 11 is 0. The smallest absolute Gasteiger partial charge is 0.104 e. The van der Waals surface area contributed by atoms with Crippen molar-refractivity contribution in [2.45, 2.75) is 45.6 Å². The SMILES string of the molecule is Cc1ccc(C(O)c2ccc3c(c2)CCCC3)cc1C. The normalized spacial score (nSPS) is 15.8. The van der Waals surface area contributed by atoms with Gasteiger partial charge in [0.2, 0.25) is 0 Å². The molecule has 2 aromatic carbocycles. The molecular formula is C19H22O. The second-order valence-corrected chi connectivity index (χ2v) is 5.98. The number of aliphatic hydroxyl groups is 1. The molecule has 20 heavy (non-hydrogen) atoms. The quantitative estimate of drug-likeness (QED) is 0.861. The Hall–Kier alpha value is -1.60. The fourth-order valence-corrected chi connectivity index (χ4v) is 3.05. The molecule has 1 heteroatoms. The Bertz CT molecular complexity index is 628. The Morgan fingerprint density at radius 2 is 1.45 bits per heavy atom. The van der Waals surface area contributed by atoms with Gasteiger partial charge in [0.15, 0.2) is 0 Å². The highest BCUT2D eigenvalue weighted by molar-refractivity contribution is 5.40. The van der Waals surface area contributed by atoms with Gasteiger partial charge in [-0.15, -0.1) is 0 Å². The lowest BCUT2D eigenvalue weighted by Gasteiger charge is -2.19. The van der Waals surface area contributed by atoms with Crippen molar-refractivity contribution in [3.8, 4) is 0 Å². The van der Waals surface area contributed by atoms with Crippen LogP contribution in [-0.2, 0) is 12.8 Å². The van der Waals surface area contributed by atoms with Crippen LogP contribution in [0.1, 0.15) is 52.3 Å².